The topological polar surface area (TPSA) is 79.9 Å². The average molecular weight is 323 g/mol. The molecule has 2 heterocycles. The highest BCUT2D eigenvalue weighted by molar-refractivity contribution is 9.10. The highest BCUT2D eigenvalue weighted by Crippen LogP contribution is 2.31. The fraction of sp³-hybridized carbons (Fsp3) is 0.250. The number of carbonyl (C=O) groups is 1. The van der Waals surface area contributed by atoms with Crippen LogP contribution < -0.4 is 10.1 Å². The molecule has 0 unspecified atom stereocenters. The zero-order valence-electron chi connectivity index (χ0n) is 9.89. The number of carbonyl (C=O) groups excluding carboxylic acids is 1. The maximum absolute atomic E-state index is 12.0. The lowest BCUT2D eigenvalue weighted by molar-refractivity contribution is -0.127. The molecule has 0 radical (unpaired) electrons. The van der Waals surface area contributed by atoms with Crippen LogP contribution >= 0.6 is 15.9 Å². The summed E-state index contributed by atoms with van der Waals surface area (Å²) in [6.45, 7) is 0.318. The van der Waals surface area contributed by atoms with Crippen molar-refractivity contribution >= 4 is 21.8 Å². The van der Waals surface area contributed by atoms with E-state index in [0.29, 0.717) is 18.8 Å². The van der Waals surface area contributed by atoms with Crippen molar-refractivity contribution in [2.75, 3.05) is 0 Å². The van der Waals surface area contributed by atoms with Crippen molar-refractivity contribution in [1.29, 1.82) is 0 Å². The van der Waals surface area contributed by atoms with Crippen molar-refractivity contribution in [3.8, 4) is 5.75 Å². The van der Waals surface area contributed by atoms with Crippen LogP contribution in [0.3, 0.4) is 0 Å². The maximum atomic E-state index is 12.0. The van der Waals surface area contributed by atoms with E-state index >= 15 is 0 Å². The van der Waals surface area contributed by atoms with E-state index in [4.69, 9.17) is 4.74 Å². The Bertz CT molecular complexity index is 600. The summed E-state index contributed by atoms with van der Waals surface area (Å²) in [6, 6.07) is 5.73. The number of aromatic amines is 1. The quantitative estimate of drug-likeness (QED) is 0.889. The first kappa shape index (κ1) is 12.2. The van der Waals surface area contributed by atoms with Crippen LogP contribution in [0, 0.1) is 0 Å². The Morgan fingerprint density at radius 1 is 1.58 bits per heavy atom. The third-order valence-electron chi connectivity index (χ3n) is 2.88. The summed E-state index contributed by atoms with van der Waals surface area (Å²) in [6.07, 6.45) is 1.50. The van der Waals surface area contributed by atoms with Gasteiger partial charge in [0.15, 0.2) is 6.10 Å². The maximum Gasteiger partial charge on any atom is 0.261 e. The predicted molar refractivity (Wildman–Crippen MR) is 70.5 cm³/mol. The Kier molecular flexibility index (Phi) is 3.20. The SMILES string of the molecule is O=C(NCc1ncn[nH]1)[C@@H]1Cc2cc(Br)ccc2O1. The van der Waals surface area contributed by atoms with Crippen molar-refractivity contribution in [3.05, 3.63) is 40.4 Å². The Morgan fingerprint density at radius 3 is 3.26 bits per heavy atom. The van der Waals surface area contributed by atoms with E-state index in [1.165, 1.54) is 6.33 Å². The van der Waals surface area contributed by atoms with E-state index in [1.807, 2.05) is 18.2 Å². The first-order valence-electron chi connectivity index (χ1n) is 5.79. The number of nitrogens with zero attached hydrogens (tertiary/aromatic N) is 2. The molecule has 2 aromatic rings. The van der Waals surface area contributed by atoms with Crippen LogP contribution in [0.15, 0.2) is 29.0 Å². The van der Waals surface area contributed by atoms with E-state index in [2.05, 4.69) is 36.4 Å². The summed E-state index contributed by atoms with van der Waals surface area (Å²) in [5, 5.41) is 9.17. The standard InChI is InChI=1S/C12H11BrN4O2/c13-8-1-2-9-7(3-8)4-10(19-9)12(18)14-5-11-15-6-16-17-11/h1-3,6,10H,4-5H2,(H,14,18)(H,15,16,17)/t10-/m0/s1. The highest BCUT2D eigenvalue weighted by atomic mass is 79.9. The molecule has 1 aromatic heterocycles. The molecule has 2 N–H and O–H groups in total. The Hall–Kier alpha value is -1.89. The predicted octanol–water partition coefficient (Wildman–Crippen LogP) is 1.19. The van der Waals surface area contributed by atoms with Gasteiger partial charge in [0.1, 0.15) is 17.9 Å². The number of benzene rings is 1. The molecule has 0 fully saturated rings. The third-order valence-corrected chi connectivity index (χ3v) is 3.38. The molecule has 1 aliphatic rings. The minimum atomic E-state index is -0.479. The second-order valence-corrected chi connectivity index (χ2v) is 5.13. The second-order valence-electron chi connectivity index (χ2n) is 4.21. The van der Waals surface area contributed by atoms with Gasteiger partial charge in [0.2, 0.25) is 0 Å². The van der Waals surface area contributed by atoms with Crippen LogP contribution in [0.1, 0.15) is 11.4 Å². The molecule has 3 rings (SSSR count). The molecule has 0 saturated heterocycles. The zero-order chi connectivity index (χ0) is 13.2. The van der Waals surface area contributed by atoms with E-state index < -0.39 is 6.10 Å². The number of halogens is 1. The fourth-order valence-corrected chi connectivity index (χ4v) is 2.37. The van der Waals surface area contributed by atoms with E-state index in [-0.39, 0.29) is 5.91 Å². The number of fused-ring (bicyclic) bond motifs is 1. The highest BCUT2D eigenvalue weighted by Gasteiger charge is 2.29. The van der Waals surface area contributed by atoms with Gasteiger partial charge in [-0.3, -0.25) is 9.89 Å². The van der Waals surface area contributed by atoms with Crippen molar-refractivity contribution < 1.29 is 9.53 Å². The van der Waals surface area contributed by atoms with E-state index in [9.17, 15) is 4.79 Å². The smallest absolute Gasteiger partial charge is 0.261 e. The van der Waals surface area contributed by atoms with Gasteiger partial charge in [-0.1, -0.05) is 15.9 Å². The molecule has 1 aliphatic heterocycles. The van der Waals surface area contributed by atoms with Gasteiger partial charge >= 0.3 is 0 Å². The second kappa shape index (κ2) is 5.00. The summed E-state index contributed by atoms with van der Waals surface area (Å²) in [5.41, 5.74) is 1.04. The number of ether oxygens (including phenoxy) is 1. The number of amides is 1. The number of aromatic nitrogens is 3. The lowest BCUT2D eigenvalue weighted by Gasteiger charge is -2.10. The third kappa shape index (κ3) is 2.60. The number of nitrogens with one attached hydrogen (secondary N) is 2. The molecule has 6 nitrogen and oxygen atoms in total. The fourth-order valence-electron chi connectivity index (χ4n) is 1.96. The van der Waals surface area contributed by atoms with Gasteiger partial charge in [-0.25, -0.2) is 4.98 Å². The molecule has 0 spiro atoms. The minimum absolute atomic E-state index is 0.149. The van der Waals surface area contributed by atoms with Crippen molar-refractivity contribution in [3.63, 3.8) is 0 Å². The Labute approximate surface area is 117 Å². The van der Waals surface area contributed by atoms with Crippen LogP contribution in [0.25, 0.3) is 0 Å². The summed E-state index contributed by atoms with van der Waals surface area (Å²) >= 11 is 3.40. The summed E-state index contributed by atoms with van der Waals surface area (Å²) < 4.78 is 6.60. The first-order valence-corrected chi connectivity index (χ1v) is 6.59. The number of rotatable bonds is 3. The van der Waals surface area contributed by atoms with Gasteiger partial charge < -0.3 is 10.1 Å². The van der Waals surface area contributed by atoms with Crippen LogP contribution in [-0.4, -0.2) is 27.2 Å². The van der Waals surface area contributed by atoms with Crippen molar-refractivity contribution in [1.82, 2.24) is 20.5 Å². The van der Waals surface area contributed by atoms with Crippen LogP contribution in [-0.2, 0) is 17.8 Å². The van der Waals surface area contributed by atoms with Crippen molar-refractivity contribution in [2.45, 2.75) is 19.1 Å². The molecular formula is C12H11BrN4O2. The first-order chi connectivity index (χ1) is 9.22. The van der Waals surface area contributed by atoms with Gasteiger partial charge in [0.25, 0.3) is 5.91 Å². The van der Waals surface area contributed by atoms with Gasteiger partial charge in [0.05, 0.1) is 6.54 Å². The largest absolute Gasteiger partial charge is 0.480 e. The summed E-state index contributed by atoms with van der Waals surface area (Å²) in [5.74, 6) is 1.23. The van der Waals surface area contributed by atoms with Gasteiger partial charge in [-0.15, -0.1) is 0 Å². The number of hydrogen-bond donors (Lipinski definition) is 2. The minimum Gasteiger partial charge on any atom is -0.480 e. The van der Waals surface area contributed by atoms with E-state index in [0.717, 1.165) is 15.8 Å². The normalized spacial score (nSPS) is 16.8. The van der Waals surface area contributed by atoms with Crippen LogP contribution in [0.2, 0.25) is 0 Å². The lowest BCUT2D eigenvalue weighted by Crippen LogP contribution is -2.37. The number of hydrogen-bond acceptors (Lipinski definition) is 4. The molecule has 1 aromatic carbocycles. The molecule has 19 heavy (non-hydrogen) atoms. The van der Waals surface area contributed by atoms with Crippen LogP contribution in [0.4, 0.5) is 0 Å². The molecule has 0 aliphatic carbocycles. The Balaban J connectivity index is 1.61. The van der Waals surface area contributed by atoms with E-state index in [1.54, 1.807) is 0 Å². The molecule has 1 amide bonds. The molecule has 98 valence electrons. The zero-order valence-corrected chi connectivity index (χ0v) is 11.5. The average Bonchev–Trinajstić information content (AvgIpc) is 3.04. The van der Waals surface area contributed by atoms with Gasteiger partial charge in [0, 0.05) is 10.9 Å². The molecule has 1 atom stereocenters. The molecule has 0 saturated carbocycles. The van der Waals surface area contributed by atoms with Gasteiger partial charge in [-0.2, -0.15) is 5.10 Å². The molecule has 0 bridgehead atoms. The monoisotopic (exact) mass is 322 g/mol. The molecule has 7 heteroatoms. The van der Waals surface area contributed by atoms with Crippen molar-refractivity contribution in [2.24, 2.45) is 0 Å². The molecular weight excluding hydrogens is 312 g/mol. The number of H-pyrrole nitrogens is 1. The summed E-state index contributed by atoms with van der Waals surface area (Å²) in [7, 11) is 0. The Morgan fingerprint density at radius 2 is 2.47 bits per heavy atom. The lowest BCUT2D eigenvalue weighted by atomic mass is 10.1. The van der Waals surface area contributed by atoms with Crippen LogP contribution in [0.5, 0.6) is 5.75 Å². The van der Waals surface area contributed by atoms with Gasteiger partial charge in [-0.05, 0) is 23.8 Å². The summed E-state index contributed by atoms with van der Waals surface area (Å²) in [4.78, 5) is 15.9.